The second kappa shape index (κ2) is 4.06. The Morgan fingerprint density at radius 3 is 2.88 bits per heavy atom. The average molecular weight is 216 g/mol. The van der Waals surface area contributed by atoms with Crippen LogP contribution in [0.5, 0.6) is 0 Å². The molecule has 1 aromatic heterocycles. The van der Waals surface area contributed by atoms with E-state index >= 15 is 0 Å². The molecule has 0 unspecified atom stereocenters. The maximum Gasteiger partial charge on any atom is 0.295 e. The quantitative estimate of drug-likeness (QED) is 0.446. The molecule has 0 fully saturated rings. The van der Waals surface area contributed by atoms with Gasteiger partial charge in [-0.25, -0.2) is 4.98 Å². The van der Waals surface area contributed by atoms with Crippen molar-refractivity contribution in [3.63, 3.8) is 0 Å². The second-order valence-corrected chi connectivity index (χ2v) is 3.27. The van der Waals surface area contributed by atoms with Gasteiger partial charge in [0.15, 0.2) is 0 Å². The third kappa shape index (κ3) is 1.63. The SMILES string of the molecule is O=CCc1ccnc2c([N+](=O)[O-])cccc12. The number of nitrogens with zero attached hydrogens (tertiary/aromatic N) is 2. The van der Waals surface area contributed by atoms with Crippen LogP contribution in [-0.4, -0.2) is 16.2 Å². The van der Waals surface area contributed by atoms with Crippen molar-refractivity contribution in [1.29, 1.82) is 0 Å². The molecule has 16 heavy (non-hydrogen) atoms. The van der Waals surface area contributed by atoms with Gasteiger partial charge in [0, 0.05) is 24.1 Å². The van der Waals surface area contributed by atoms with Crippen LogP contribution in [0.3, 0.4) is 0 Å². The summed E-state index contributed by atoms with van der Waals surface area (Å²) in [4.78, 5) is 24.8. The van der Waals surface area contributed by atoms with Crippen molar-refractivity contribution < 1.29 is 9.72 Å². The Balaban J connectivity index is 2.75. The van der Waals surface area contributed by atoms with Crippen molar-refractivity contribution in [3.8, 4) is 0 Å². The van der Waals surface area contributed by atoms with Gasteiger partial charge >= 0.3 is 0 Å². The predicted octanol–water partition coefficient (Wildman–Crippen LogP) is 1.88. The number of pyridine rings is 1. The maximum atomic E-state index is 10.8. The highest BCUT2D eigenvalue weighted by Crippen LogP contribution is 2.25. The Morgan fingerprint density at radius 2 is 2.19 bits per heavy atom. The van der Waals surface area contributed by atoms with Gasteiger partial charge in [0.1, 0.15) is 11.8 Å². The Labute approximate surface area is 90.9 Å². The van der Waals surface area contributed by atoms with Crippen LogP contribution in [0.2, 0.25) is 0 Å². The average Bonchev–Trinajstić information content (AvgIpc) is 2.29. The maximum absolute atomic E-state index is 10.8. The molecule has 0 N–H and O–H groups in total. The molecule has 2 rings (SSSR count). The minimum atomic E-state index is -0.472. The lowest BCUT2D eigenvalue weighted by Crippen LogP contribution is -1.94. The van der Waals surface area contributed by atoms with Gasteiger partial charge < -0.3 is 4.79 Å². The van der Waals surface area contributed by atoms with Gasteiger partial charge in [-0.15, -0.1) is 0 Å². The van der Waals surface area contributed by atoms with Crippen LogP contribution >= 0.6 is 0 Å². The van der Waals surface area contributed by atoms with Crippen LogP contribution in [0.25, 0.3) is 10.9 Å². The van der Waals surface area contributed by atoms with Crippen molar-refractivity contribution >= 4 is 22.9 Å². The molecule has 5 heteroatoms. The summed E-state index contributed by atoms with van der Waals surface area (Å²) in [5.41, 5.74) is 1.04. The highest BCUT2D eigenvalue weighted by molar-refractivity contribution is 5.90. The Hall–Kier alpha value is -2.30. The predicted molar refractivity (Wildman–Crippen MR) is 58.2 cm³/mol. The fourth-order valence-corrected chi connectivity index (χ4v) is 1.63. The van der Waals surface area contributed by atoms with Crippen LogP contribution in [0.15, 0.2) is 30.5 Å². The van der Waals surface area contributed by atoms with Crippen LogP contribution < -0.4 is 0 Å². The van der Waals surface area contributed by atoms with E-state index in [0.717, 1.165) is 11.8 Å². The second-order valence-electron chi connectivity index (χ2n) is 3.27. The van der Waals surface area contributed by atoms with E-state index < -0.39 is 4.92 Å². The van der Waals surface area contributed by atoms with Gasteiger partial charge in [-0.2, -0.15) is 0 Å². The lowest BCUT2D eigenvalue weighted by molar-refractivity contribution is -0.383. The van der Waals surface area contributed by atoms with Crippen molar-refractivity contribution in [2.24, 2.45) is 0 Å². The summed E-state index contributed by atoms with van der Waals surface area (Å²) in [7, 11) is 0. The Bertz CT molecular complexity index is 566. The number of nitro benzene ring substituents is 1. The molecular formula is C11H8N2O3. The summed E-state index contributed by atoms with van der Waals surface area (Å²) in [6.07, 6.45) is 2.49. The molecule has 0 saturated carbocycles. The lowest BCUT2D eigenvalue weighted by Gasteiger charge is -2.02. The number of fused-ring (bicyclic) bond motifs is 1. The number of non-ortho nitro benzene ring substituents is 1. The molecule has 1 heterocycles. The van der Waals surface area contributed by atoms with E-state index in [1.165, 1.54) is 12.3 Å². The topological polar surface area (TPSA) is 73.1 Å². The summed E-state index contributed by atoms with van der Waals surface area (Å²) in [5.74, 6) is 0. The number of para-hydroxylation sites is 1. The molecule has 80 valence electrons. The molecule has 0 radical (unpaired) electrons. The molecule has 0 bridgehead atoms. The van der Waals surface area contributed by atoms with E-state index in [-0.39, 0.29) is 12.1 Å². The van der Waals surface area contributed by atoms with E-state index in [0.29, 0.717) is 10.9 Å². The number of hydrogen-bond acceptors (Lipinski definition) is 4. The number of rotatable bonds is 3. The number of aldehydes is 1. The van der Waals surface area contributed by atoms with E-state index in [1.807, 2.05) is 0 Å². The number of carbonyl (C=O) groups excluding carboxylic acids is 1. The van der Waals surface area contributed by atoms with Crippen LogP contribution in [0, 0.1) is 10.1 Å². The third-order valence-electron chi connectivity index (χ3n) is 2.34. The molecular weight excluding hydrogens is 208 g/mol. The molecule has 0 aliphatic carbocycles. The van der Waals surface area contributed by atoms with Gasteiger partial charge in [0.2, 0.25) is 0 Å². The van der Waals surface area contributed by atoms with Crippen LogP contribution in [0.1, 0.15) is 5.56 Å². The van der Waals surface area contributed by atoms with E-state index in [4.69, 9.17) is 0 Å². The molecule has 0 atom stereocenters. The van der Waals surface area contributed by atoms with Crippen LogP contribution in [-0.2, 0) is 11.2 Å². The van der Waals surface area contributed by atoms with E-state index in [1.54, 1.807) is 18.2 Å². The number of benzene rings is 1. The van der Waals surface area contributed by atoms with Crippen molar-refractivity contribution in [2.75, 3.05) is 0 Å². The molecule has 1 aromatic carbocycles. The number of aromatic nitrogens is 1. The highest BCUT2D eigenvalue weighted by atomic mass is 16.6. The van der Waals surface area contributed by atoms with Gasteiger partial charge in [0.05, 0.1) is 4.92 Å². The normalized spacial score (nSPS) is 10.2. The summed E-state index contributed by atoms with van der Waals surface area (Å²) < 4.78 is 0. The molecule has 2 aromatic rings. The zero-order valence-electron chi connectivity index (χ0n) is 8.29. The minimum absolute atomic E-state index is 0.0368. The van der Waals surface area contributed by atoms with Gasteiger partial charge in [-0.3, -0.25) is 10.1 Å². The molecule has 5 nitrogen and oxygen atoms in total. The van der Waals surface area contributed by atoms with Crippen molar-refractivity contribution in [2.45, 2.75) is 6.42 Å². The first-order valence-corrected chi connectivity index (χ1v) is 4.68. The lowest BCUT2D eigenvalue weighted by atomic mass is 10.1. The summed E-state index contributed by atoms with van der Waals surface area (Å²) in [6.45, 7) is 0. The zero-order valence-corrected chi connectivity index (χ0v) is 8.29. The smallest absolute Gasteiger partial charge is 0.295 e. The summed E-state index contributed by atoms with van der Waals surface area (Å²) in [5, 5.41) is 11.4. The monoisotopic (exact) mass is 216 g/mol. The van der Waals surface area contributed by atoms with Gasteiger partial charge in [-0.1, -0.05) is 12.1 Å². The van der Waals surface area contributed by atoms with Gasteiger partial charge in [-0.05, 0) is 11.6 Å². The number of carbonyl (C=O) groups is 1. The molecule has 0 aliphatic heterocycles. The van der Waals surface area contributed by atoms with Crippen molar-refractivity contribution in [3.05, 3.63) is 46.1 Å². The third-order valence-corrected chi connectivity index (χ3v) is 2.34. The first-order chi connectivity index (χ1) is 7.74. The minimum Gasteiger partial charge on any atom is -0.303 e. The van der Waals surface area contributed by atoms with Crippen LogP contribution in [0.4, 0.5) is 5.69 Å². The van der Waals surface area contributed by atoms with E-state index in [9.17, 15) is 14.9 Å². The zero-order chi connectivity index (χ0) is 11.5. The highest BCUT2D eigenvalue weighted by Gasteiger charge is 2.13. The molecule has 0 aliphatic rings. The largest absolute Gasteiger partial charge is 0.303 e. The Kier molecular flexibility index (Phi) is 2.59. The van der Waals surface area contributed by atoms with Crippen molar-refractivity contribution in [1.82, 2.24) is 4.98 Å². The molecule has 0 amide bonds. The molecule has 0 spiro atoms. The summed E-state index contributed by atoms with van der Waals surface area (Å²) >= 11 is 0. The number of nitro groups is 1. The fourth-order valence-electron chi connectivity index (χ4n) is 1.63. The first kappa shape index (κ1) is 10.2. The fraction of sp³-hybridized carbons (Fsp3) is 0.0909. The Morgan fingerprint density at radius 1 is 1.38 bits per heavy atom. The first-order valence-electron chi connectivity index (χ1n) is 4.68. The van der Waals surface area contributed by atoms with Gasteiger partial charge in [0.25, 0.3) is 5.69 Å². The molecule has 0 saturated heterocycles. The standard InChI is InChI=1S/C11H8N2O3/c14-7-5-8-4-6-12-11-9(8)2-1-3-10(11)13(15)16/h1-4,6-7H,5H2. The summed E-state index contributed by atoms with van der Waals surface area (Å²) in [6, 6.07) is 6.42. The number of hydrogen-bond donors (Lipinski definition) is 0. The van der Waals surface area contributed by atoms with E-state index in [2.05, 4.69) is 4.98 Å².